The van der Waals surface area contributed by atoms with Crippen LogP contribution < -0.4 is 5.73 Å². The molecule has 0 fully saturated rings. The lowest BCUT2D eigenvalue weighted by Crippen LogP contribution is -2.31. The van der Waals surface area contributed by atoms with E-state index in [1.807, 2.05) is 66.9 Å². The van der Waals surface area contributed by atoms with E-state index in [1.165, 1.54) is 7.11 Å². The number of esters is 1. The van der Waals surface area contributed by atoms with E-state index in [-0.39, 0.29) is 5.97 Å². The number of aromatic nitrogens is 3. The molecule has 1 aliphatic heterocycles. The van der Waals surface area contributed by atoms with Crippen LogP contribution >= 0.6 is 0 Å². The molecule has 0 aliphatic carbocycles. The maximum atomic E-state index is 11.9. The third-order valence-corrected chi connectivity index (χ3v) is 5.95. The molecule has 0 atom stereocenters. The van der Waals surface area contributed by atoms with Crippen LogP contribution in [0.25, 0.3) is 22.6 Å². The minimum absolute atomic E-state index is 0.355. The second kappa shape index (κ2) is 9.41. The SMILES string of the molecule is COC(=O)c1cccc(-c2cccc(CN3CCc4nc(-c5ccc(N)cc5)ncc4C3)n2)c1. The number of pyridine rings is 1. The van der Waals surface area contributed by atoms with E-state index < -0.39 is 0 Å². The number of methoxy groups -OCH3 is 1. The molecule has 3 heterocycles. The fraction of sp³-hybridized carbons (Fsp3) is 0.185. The van der Waals surface area contributed by atoms with Gasteiger partial charge in [0, 0.05) is 54.6 Å². The molecule has 0 amide bonds. The second-order valence-electron chi connectivity index (χ2n) is 8.33. The van der Waals surface area contributed by atoms with Gasteiger partial charge in [-0.05, 0) is 48.5 Å². The first kappa shape index (κ1) is 21.7. The van der Waals surface area contributed by atoms with Crippen molar-refractivity contribution in [2.24, 2.45) is 0 Å². The van der Waals surface area contributed by atoms with Crippen LogP contribution in [0.2, 0.25) is 0 Å². The number of ether oxygens (including phenoxy) is 1. The molecule has 2 N–H and O–H groups in total. The van der Waals surface area contributed by atoms with Crippen LogP contribution in [-0.4, -0.2) is 39.5 Å². The Labute approximate surface area is 198 Å². The minimum atomic E-state index is -0.355. The summed E-state index contributed by atoms with van der Waals surface area (Å²) >= 11 is 0. The zero-order chi connectivity index (χ0) is 23.5. The summed E-state index contributed by atoms with van der Waals surface area (Å²) in [4.78, 5) is 28.5. The number of rotatable bonds is 5. The van der Waals surface area contributed by atoms with Crippen molar-refractivity contribution in [1.29, 1.82) is 0 Å². The third-order valence-electron chi connectivity index (χ3n) is 5.95. The maximum absolute atomic E-state index is 11.9. The van der Waals surface area contributed by atoms with Gasteiger partial charge in [0.1, 0.15) is 0 Å². The third kappa shape index (κ3) is 4.65. The number of hydrogen-bond donors (Lipinski definition) is 1. The number of nitrogens with two attached hydrogens (primary N) is 1. The molecule has 2 aromatic heterocycles. The second-order valence-corrected chi connectivity index (χ2v) is 8.33. The van der Waals surface area contributed by atoms with Crippen molar-refractivity contribution in [1.82, 2.24) is 19.9 Å². The van der Waals surface area contributed by atoms with E-state index in [1.54, 1.807) is 6.07 Å². The average Bonchev–Trinajstić information content (AvgIpc) is 2.88. The summed E-state index contributed by atoms with van der Waals surface area (Å²) in [7, 11) is 1.38. The topological polar surface area (TPSA) is 94.2 Å². The Morgan fingerprint density at radius 2 is 1.85 bits per heavy atom. The number of hydrogen-bond acceptors (Lipinski definition) is 7. The van der Waals surface area contributed by atoms with Gasteiger partial charge in [-0.15, -0.1) is 0 Å². The molecular formula is C27H25N5O2. The van der Waals surface area contributed by atoms with Crippen molar-refractivity contribution in [3.05, 3.63) is 95.4 Å². The molecule has 2 aromatic carbocycles. The van der Waals surface area contributed by atoms with Crippen LogP contribution in [-0.2, 0) is 24.2 Å². The van der Waals surface area contributed by atoms with Crippen molar-refractivity contribution >= 4 is 11.7 Å². The lowest BCUT2D eigenvalue weighted by atomic mass is 10.1. The van der Waals surface area contributed by atoms with E-state index in [2.05, 4.69) is 9.88 Å². The van der Waals surface area contributed by atoms with Gasteiger partial charge in [0.2, 0.25) is 0 Å². The lowest BCUT2D eigenvalue weighted by Gasteiger charge is -2.27. The quantitative estimate of drug-likeness (QED) is 0.360. The van der Waals surface area contributed by atoms with E-state index in [9.17, 15) is 4.79 Å². The highest BCUT2D eigenvalue weighted by atomic mass is 16.5. The average molecular weight is 452 g/mol. The lowest BCUT2D eigenvalue weighted by molar-refractivity contribution is 0.0601. The minimum Gasteiger partial charge on any atom is -0.465 e. The number of nitrogen functional groups attached to an aromatic ring is 1. The Morgan fingerprint density at radius 3 is 2.68 bits per heavy atom. The van der Waals surface area contributed by atoms with Crippen LogP contribution in [0.1, 0.15) is 27.3 Å². The summed E-state index contributed by atoms with van der Waals surface area (Å²) in [6, 6.07) is 21.0. The number of nitrogens with zero attached hydrogens (tertiary/aromatic N) is 4. The van der Waals surface area contributed by atoms with E-state index >= 15 is 0 Å². The van der Waals surface area contributed by atoms with E-state index in [0.29, 0.717) is 5.56 Å². The summed E-state index contributed by atoms with van der Waals surface area (Å²) in [5.74, 6) is 0.377. The molecule has 5 rings (SSSR count). The Bertz CT molecular complexity index is 1340. The molecule has 1 aliphatic rings. The Kier molecular flexibility index (Phi) is 6.01. The number of fused-ring (bicyclic) bond motifs is 1. The molecule has 0 saturated carbocycles. The van der Waals surface area contributed by atoms with Gasteiger partial charge >= 0.3 is 5.97 Å². The van der Waals surface area contributed by atoms with Crippen LogP contribution in [0.3, 0.4) is 0 Å². The van der Waals surface area contributed by atoms with Gasteiger partial charge in [0.05, 0.1) is 29.8 Å². The van der Waals surface area contributed by atoms with E-state index in [4.69, 9.17) is 20.4 Å². The number of anilines is 1. The van der Waals surface area contributed by atoms with Gasteiger partial charge in [-0.25, -0.2) is 14.8 Å². The summed E-state index contributed by atoms with van der Waals surface area (Å²) < 4.78 is 4.84. The zero-order valence-electron chi connectivity index (χ0n) is 18.9. The monoisotopic (exact) mass is 451 g/mol. The fourth-order valence-corrected chi connectivity index (χ4v) is 4.16. The van der Waals surface area contributed by atoms with Crippen molar-refractivity contribution in [3.63, 3.8) is 0 Å². The number of carbonyl (C=O) groups is 1. The Morgan fingerprint density at radius 1 is 1.03 bits per heavy atom. The zero-order valence-corrected chi connectivity index (χ0v) is 18.9. The molecule has 0 saturated heterocycles. The highest BCUT2D eigenvalue weighted by Crippen LogP contribution is 2.24. The van der Waals surface area contributed by atoms with Crippen LogP contribution in [0, 0.1) is 0 Å². The highest BCUT2D eigenvalue weighted by Gasteiger charge is 2.19. The molecule has 0 bridgehead atoms. The molecular weight excluding hydrogens is 426 g/mol. The summed E-state index contributed by atoms with van der Waals surface area (Å²) in [5.41, 5.74) is 12.9. The van der Waals surface area contributed by atoms with E-state index in [0.717, 1.165) is 71.3 Å². The molecule has 0 radical (unpaired) electrons. The van der Waals surface area contributed by atoms with Crippen LogP contribution in [0.15, 0.2) is 72.9 Å². The van der Waals surface area contributed by atoms with Crippen molar-refractivity contribution < 1.29 is 9.53 Å². The summed E-state index contributed by atoms with van der Waals surface area (Å²) in [5, 5.41) is 0. The smallest absolute Gasteiger partial charge is 0.337 e. The van der Waals surface area contributed by atoms with Gasteiger partial charge in [0.25, 0.3) is 0 Å². The first-order valence-corrected chi connectivity index (χ1v) is 11.2. The summed E-state index contributed by atoms with van der Waals surface area (Å²) in [6.45, 7) is 2.40. The number of benzene rings is 2. The van der Waals surface area contributed by atoms with Gasteiger partial charge in [-0.2, -0.15) is 0 Å². The van der Waals surface area contributed by atoms with Gasteiger partial charge < -0.3 is 10.5 Å². The van der Waals surface area contributed by atoms with Crippen molar-refractivity contribution in [3.8, 4) is 22.6 Å². The fourth-order valence-electron chi connectivity index (χ4n) is 4.16. The maximum Gasteiger partial charge on any atom is 0.337 e. The van der Waals surface area contributed by atoms with Crippen molar-refractivity contribution in [2.75, 3.05) is 19.4 Å². The standard InChI is InChI=1S/C27H25N5O2/c1-34-27(33)20-5-2-4-19(14-20)24-7-3-6-23(30-24)17-32-13-12-25-21(16-32)15-29-26(31-25)18-8-10-22(28)11-9-18/h2-11,14-15H,12-13,16-17,28H2,1H3. The molecule has 34 heavy (non-hydrogen) atoms. The first-order valence-electron chi connectivity index (χ1n) is 11.2. The molecule has 0 spiro atoms. The number of carbonyl (C=O) groups excluding carboxylic acids is 1. The van der Waals surface area contributed by atoms with Crippen LogP contribution in [0.4, 0.5) is 5.69 Å². The molecule has 7 nitrogen and oxygen atoms in total. The predicted octanol–water partition coefficient (Wildman–Crippen LogP) is 4.13. The van der Waals surface area contributed by atoms with Crippen molar-refractivity contribution in [2.45, 2.75) is 19.5 Å². The van der Waals surface area contributed by atoms with Gasteiger partial charge in [-0.3, -0.25) is 9.88 Å². The normalized spacial score (nSPS) is 13.3. The van der Waals surface area contributed by atoms with Gasteiger partial charge in [0.15, 0.2) is 5.82 Å². The largest absolute Gasteiger partial charge is 0.465 e. The molecule has 7 heteroatoms. The predicted molar refractivity (Wildman–Crippen MR) is 131 cm³/mol. The molecule has 0 unspecified atom stereocenters. The highest BCUT2D eigenvalue weighted by molar-refractivity contribution is 5.90. The Hall–Kier alpha value is -4.10. The van der Waals surface area contributed by atoms with Crippen LogP contribution in [0.5, 0.6) is 0 Å². The molecule has 4 aromatic rings. The van der Waals surface area contributed by atoms with Gasteiger partial charge in [-0.1, -0.05) is 18.2 Å². The Balaban J connectivity index is 1.30. The summed E-state index contributed by atoms with van der Waals surface area (Å²) in [6.07, 6.45) is 2.79. The molecule has 170 valence electrons. The first-order chi connectivity index (χ1) is 16.6.